The Morgan fingerprint density at radius 3 is 2.59 bits per heavy atom. The van der Waals surface area contributed by atoms with E-state index in [2.05, 4.69) is 66.3 Å². The molecule has 1 aromatic rings. The zero-order chi connectivity index (χ0) is 29.1. The van der Waals surface area contributed by atoms with Crippen molar-refractivity contribution in [2.24, 2.45) is 16.3 Å². The number of aliphatic imine (C=N–C) groups is 1. The molecule has 226 valence electrons. The van der Waals surface area contributed by atoms with Crippen LogP contribution in [0.5, 0.6) is 0 Å². The predicted octanol–water partition coefficient (Wildman–Crippen LogP) is 1.81. The van der Waals surface area contributed by atoms with E-state index >= 15 is 0 Å². The van der Waals surface area contributed by atoms with Gasteiger partial charge in [0.25, 0.3) is 0 Å². The first-order valence-electron chi connectivity index (χ1n) is 15.1. The summed E-state index contributed by atoms with van der Waals surface area (Å²) in [5.74, 6) is 0.627. The summed E-state index contributed by atoms with van der Waals surface area (Å²) in [7, 11) is 0. The van der Waals surface area contributed by atoms with E-state index in [1.807, 2.05) is 0 Å². The number of aliphatic hydroxyl groups excluding tert-OH is 4. The van der Waals surface area contributed by atoms with Gasteiger partial charge in [-0.2, -0.15) is 0 Å². The molecule has 0 aliphatic carbocycles. The van der Waals surface area contributed by atoms with E-state index in [0.717, 1.165) is 29.7 Å². The molecule has 4 heterocycles. The van der Waals surface area contributed by atoms with Crippen molar-refractivity contribution in [1.82, 2.24) is 10.2 Å². The molecule has 0 aromatic heterocycles. The number of aryl methyl sites for hydroxylation is 1. The van der Waals surface area contributed by atoms with E-state index in [9.17, 15) is 20.4 Å². The third-order valence-corrected chi connectivity index (χ3v) is 9.25. The van der Waals surface area contributed by atoms with Gasteiger partial charge in [-0.1, -0.05) is 44.2 Å². The molecule has 0 radical (unpaired) electrons. The third-order valence-electron chi connectivity index (χ3n) is 9.25. The van der Waals surface area contributed by atoms with Gasteiger partial charge < -0.3 is 40.1 Å². The lowest BCUT2D eigenvalue weighted by Gasteiger charge is -2.52. The normalized spacial score (nSPS) is 30.3. The first-order valence-corrected chi connectivity index (χ1v) is 15.1. The van der Waals surface area contributed by atoms with Gasteiger partial charge in [-0.25, -0.2) is 4.99 Å². The van der Waals surface area contributed by atoms with Crippen molar-refractivity contribution in [3.63, 3.8) is 0 Å². The molecule has 0 amide bonds. The summed E-state index contributed by atoms with van der Waals surface area (Å²) in [6, 6.07) is 6.51. The molecule has 1 aromatic carbocycles. The van der Waals surface area contributed by atoms with E-state index in [4.69, 9.17) is 9.47 Å². The highest BCUT2D eigenvalue weighted by atomic mass is 16.7. The van der Waals surface area contributed by atoms with Crippen LogP contribution in [0.2, 0.25) is 0 Å². The average Bonchev–Trinajstić information content (AvgIpc) is 3.34. The minimum Gasteiger partial charge on any atom is -0.445 e. The van der Waals surface area contributed by atoms with Gasteiger partial charge in [0.15, 0.2) is 0 Å². The largest absolute Gasteiger partial charge is 0.445 e. The van der Waals surface area contributed by atoms with Crippen LogP contribution in [0.15, 0.2) is 40.4 Å². The van der Waals surface area contributed by atoms with E-state index < -0.39 is 37.3 Å². The van der Waals surface area contributed by atoms with Crippen LogP contribution in [0.25, 0.3) is 6.08 Å². The van der Waals surface area contributed by atoms with Crippen LogP contribution in [0.1, 0.15) is 49.8 Å². The second kappa shape index (κ2) is 13.0. The Morgan fingerprint density at radius 1 is 1.15 bits per heavy atom. The second-order valence-electron chi connectivity index (χ2n) is 12.6. The summed E-state index contributed by atoms with van der Waals surface area (Å²) in [6.07, 6.45) is 2.10. The first-order chi connectivity index (χ1) is 19.7. The monoisotopic (exact) mass is 569 g/mol. The number of hydrogen-bond acceptors (Lipinski definition) is 9. The molecule has 41 heavy (non-hydrogen) atoms. The Labute approximate surface area is 243 Å². The predicted molar refractivity (Wildman–Crippen MR) is 159 cm³/mol. The van der Waals surface area contributed by atoms with Gasteiger partial charge in [0.2, 0.25) is 12.2 Å². The van der Waals surface area contributed by atoms with Crippen LogP contribution < -0.4 is 5.32 Å². The molecule has 5 N–H and O–H groups in total. The fraction of sp³-hybridized carbons (Fsp3) is 0.656. The van der Waals surface area contributed by atoms with Gasteiger partial charge in [0.1, 0.15) is 24.4 Å². The Kier molecular flexibility index (Phi) is 9.65. The molecule has 0 unspecified atom stereocenters. The molecule has 3 fully saturated rings. The summed E-state index contributed by atoms with van der Waals surface area (Å²) in [5.41, 5.74) is 6.21. The Hall–Kier alpha value is -2.11. The minimum absolute atomic E-state index is 0.253. The van der Waals surface area contributed by atoms with Crippen molar-refractivity contribution in [3.8, 4) is 0 Å². The first kappa shape index (κ1) is 30.4. The highest BCUT2D eigenvalue weighted by molar-refractivity contribution is 5.97. The van der Waals surface area contributed by atoms with Crippen LogP contribution in [0.3, 0.4) is 0 Å². The number of benzene rings is 1. The molecule has 4 aliphatic rings. The number of hydrogen-bond donors (Lipinski definition) is 5. The number of ether oxygens (including phenoxy) is 2. The van der Waals surface area contributed by atoms with E-state index in [-0.39, 0.29) is 5.92 Å². The lowest BCUT2D eigenvalue weighted by molar-refractivity contribution is -0.281. The van der Waals surface area contributed by atoms with Crippen LogP contribution in [-0.4, -0.2) is 108 Å². The Balaban J connectivity index is 1.19. The number of piperidine rings is 1. The maximum absolute atomic E-state index is 10.5. The molecular weight excluding hydrogens is 522 g/mol. The van der Waals surface area contributed by atoms with Gasteiger partial charge >= 0.3 is 0 Å². The van der Waals surface area contributed by atoms with Crippen molar-refractivity contribution < 1.29 is 29.9 Å². The molecule has 5 atom stereocenters. The van der Waals surface area contributed by atoms with Gasteiger partial charge in [-0.05, 0) is 72.9 Å². The number of nitrogens with one attached hydrogen (secondary N) is 1. The van der Waals surface area contributed by atoms with Crippen LogP contribution in [0.4, 0.5) is 0 Å². The highest BCUT2D eigenvalue weighted by Crippen LogP contribution is 2.38. The van der Waals surface area contributed by atoms with Gasteiger partial charge in [0.05, 0.1) is 13.2 Å². The second-order valence-corrected chi connectivity index (χ2v) is 12.6. The SMILES string of the molecule is Cc1cc(/C=C/CCN2CC3(CCNCC3)C2)ccc1CC1=C(C(C)C)CN=C1O[C@@H]1O[C@H](CO)[C@@H](O)[C@H](O)[C@H]1O. The van der Waals surface area contributed by atoms with Crippen molar-refractivity contribution in [3.05, 3.63) is 52.1 Å². The summed E-state index contributed by atoms with van der Waals surface area (Å²) in [4.78, 5) is 7.18. The number of aliphatic hydroxyl groups is 4. The molecule has 9 nitrogen and oxygen atoms in total. The summed E-state index contributed by atoms with van der Waals surface area (Å²) in [6.45, 7) is 12.3. The topological polar surface area (TPSA) is 127 Å². The van der Waals surface area contributed by atoms with Crippen molar-refractivity contribution >= 4 is 12.0 Å². The molecule has 1 spiro atoms. The molecule has 0 saturated carbocycles. The molecule has 3 saturated heterocycles. The molecule has 5 rings (SSSR count). The maximum Gasteiger partial charge on any atom is 0.231 e. The third kappa shape index (κ3) is 6.77. The molecular formula is C32H47N3O6. The smallest absolute Gasteiger partial charge is 0.231 e. The Morgan fingerprint density at radius 2 is 1.90 bits per heavy atom. The zero-order valence-corrected chi connectivity index (χ0v) is 24.6. The number of likely N-dealkylation sites (tertiary alicyclic amines) is 1. The standard InChI is InChI=1S/C32H47N3O6/c1-20(2)25-16-34-30(41-31-29(39)28(38)27(37)26(17-36)40-31)24(25)15-23-8-7-22(14-21(23)3)6-4-5-13-35-18-32(19-35)9-11-33-12-10-32/h4,6-8,14,20,26-29,31,33,36-39H,5,9-13,15-19H2,1-3H3/b6-4+/t26-,27-,28+,29-,31+/m1/s1. The fourth-order valence-corrected chi connectivity index (χ4v) is 6.61. The van der Waals surface area contributed by atoms with Crippen LogP contribution in [0, 0.1) is 18.3 Å². The van der Waals surface area contributed by atoms with Gasteiger partial charge in [-0.15, -0.1) is 0 Å². The molecule has 0 bridgehead atoms. The lowest BCUT2D eigenvalue weighted by atomic mass is 9.72. The number of nitrogens with zero attached hydrogens (tertiary/aromatic N) is 2. The van der Waals surface area contributed by atoms with Gasteiger partial charge in [0, 0.05) is 31.6 Å². The van der Waals surface area contributed by atoms with Crippen molar-refractivity contribution in [2.75, 3.05) is 45.9 Å². The van der Waals surface area contributed by atoms with Crippen LogP contribution in [-0.2, 0) is 15.9 Å². The van der Waals surface area contributed by atoms with E-state index in [1.165, 1.54) is 50.1 Å². The average molecular weight is 570 g/mol. The quantitative estimate of drug-likeness (QED) is 0.305. The molecule has 9 heteroatoms. The lowest BCUT2D eigenvalue weighted by Crippen LogP contribution is -2.59. The fourth-order valence-electron chi connectivity index (χ4n) is 6.61. The van der Waals surface area contributed by atoms with Crippen LogP contribution >= 0.6 is 0 Å². The summed E-state index contributed by atoms with van der Waals surface area (Å²) < 4.78 is 11.6. The van der Waals surface area contributed by atoms with Crippen molar-refractivity contribution in [1.29, 1.82) is 0 Å². The Bertz CT molecular complexity index is 1150. The highest BCUT2D eigenvalue weighted by Gasteiger charge is 2.46. The number of rotatable bonds is 9. The van der Waals surface area contributed by atoms with E-state index in [1.54, 1.807) is 0 Å². The van der Waals surface area contributed by atoms with Crippen molar-refractivity contribution in [2.45, 2.75) is 77.2 Å². The molecule has 4 aliphatic heterocycles. The maximum atomic E-state index is 10.5. The summed E-state index contributed by atoms with van der Waals surface area (Å²) >= 11 is 0. The summed E-state index contributed by atoms with van der Waals surface area (Å²) in [5, 5.41) is 43.8. The van der Waals surface area contributed by atoms with Gasteiger partial charge in [-0.3, -0.25) is 0 Å². The minimum atomic E-state index is -1.50. The van der Waals surface area contributed by atoms with E-state index in [0.29, 0.717) is 24.3 Å². The zero-order valence-electron chi connectivity index (χ0n) is 24.6.